The highest BCUT2D eigenvalue weighted by molar-refractivity contribution is 6.58. The average Bonchev–Trinajstić information content (AvgIpc) is 2.47. The predicted octanol–water partition coefficient (Wildman–Crippen LogP) is 6.71. The van der Waals surface area contributed by atoms with E-state index >= 15 is 0 Å². The normalized spacial score (nSPS) is 10.9. The van der Waals surface area contributed by atoms with Crippen molar-refractivity contribution >= 4 is 14.1 Å². The van der Waals surface area contributed by atoms with Crippen LogP contribution in [0.2, 0.25) is 15.8 Å². The third-order valence-corrected chi connectivity index (χ3v) is 8.90. The molecule has 0 saturated carbocycles. The van der Waals surface area contributed by atoms with Crippen molar-refractivity contribution in [3.8, 4) is 0 Å². The van der Waals surface area contributed by atoms with Crippen LogP contribution in [-0.2, 0) is 11.2 Å². The summed E-state index contributed by atoms with van der Waals surface area (Å²) in [5.41, 5.74) is 1.39. The van der Waals surface area contributed by atoms with E-state index in [-0.39, 0.29) is 0 Å². The molecule has 0 N–H and O–H groups in total. The van der Waals surface area contributed by atoms with Crippen molar-refractivity contribution in [2.75, 3.05) is 13.7 Å². The van der Waals surface area contributed by atoms with E-state index in [9.17, 15) is 0 Å². The van der Waals surface area contributed by atoms with E-state index in [1.54, 1.807) is 23.0 Å². The maximum atomic E-state index is 4.96. The molecular formula is C22H41AlO. The van der Waals surface area contributed by atoms with E-state index in [0.717, 1.165) is 37.2 Å². The lowest BCUT2D eigenvalue weighted by molar-refractivity contribution is 0.195. The van der Waals surface area contributed by atoms with Crippen molar-refractivity contribution in [2.45, 2.75) is 70.2 Å². The van der Waals surface area contributed by atoms with Gasteiger partial charge < -0.3 is 4.74 Å². The van der Waals surface area contributed by atoms with Gasteiger partial charge in [0.1, 0.15) is 0 Å². The highest BCUT2D eigenvalue weighted by Crippen LogP contribution is 2.21. The van der Waals surface area contributed by atoms with Gasteiger partial charge in [-0.05, 0) is 18.4 Å². The Bertz CT molecular complexity index is 349. The third kappa shape index (κ3) is 15.3. The maximum Gasteiger partial charge on any atom is 0.262 e. The van der Waals surface area contributed by atoms with E-state index in [4.69, 9.17) is 4.74 Å². The van der Waals surface area contributed by atoms with Gasteiger partial charge in [0.05, 0.1) is 0 Å². The van der Waals surface area contributed by atoms with E-state index in [1.807, 2.05) is 6.07 Å². The molecule has 0 atom stereocenters. The number of benzene rings is 1. The van der Waals surface area contributed by atoms with E-state index < -0.39 is 14.1 Å². The molecule has 138 valence electrons. The van der Waals surface area contributed by atoms with E-state index in [1.165, 1.54) is 5.56 Å². The molecule has 1 aromatic carbocycles. The summed E-state index contributed by atoms with van der Waals surface area (Å²) in [4.78, 5) is 0. The Balaban J connectivity index is 0.000000446. The van der Waals surface area contributed by atoms with Gasteiger partial charge in [0.25, 0.3) is 14.1 Å². The van der Waals surface area contributed by atoms with Crippen LogP contribution in [0.5, 0.6) is 0 Å². The Hall–Kier alpha value is -0.288. The van der Waals surface area contributed by atoms with Crippen molar-refractivity contribution < 1.29 is 4.74 Å². The fourth-order valence-electron chi connectivity index (χ4n) is 3.35. The second-order valence-electron chi connectivity index (χ2n) is 8.34. The zero-order valence-corrected chi connectivity index (χ0v) is 18.5. The minimum absolute atomic E-state index is 0.407. The van der Waals surface area contributed by atoms with Gasteiger partial charge in [0.2, 0.25) is 0 Å². The van der Waals surface area contributed by atoms with Crippen LogP contribution in [0.3, 0.4) is 0 Å². The molecular weight excluding hydrogens is 307 g/mol. The van der Waals surface area contributed by atoms with Gasteiger partial charge in [-0.2, -0.15) is 0 Å². The van der Waals surface area contributed by atoms with Gasteiger partial charge in [-0.1, -0.05) is 105 Å². The van der Waals surface area contributed by atoms with Crippen LogP contribution in [0.4, 0.5) is 0 Å². The Morgan fingerprint density at radius 1 is 0.792 bits per heavy atom. The van der Waals surface area contributed by atoms with Gasteiger partial charge >= 0.3 is 0 Å². The van der Waals surface area contributed by atoms with Crippen LogP contribution < -0.4 is 0 Å². The summed E-state index contributed by atoms with van der Waals surface area (Å²) in [6.45, 7) is 15.1. The Kier molecular flexibility index (Phi) is 14.8. The first kappa shape index (κ1) is 23.7. The largest absolute Gasteiger partial charge is 0.385 e. The van der Waals surface area contributed by atoms with Crippen molar-refractivity contribution in [3.63, 3.8) is 0 Å². The smallest absolute Gasteiger partial charge is 0.262 e. The highest BCUT2D eigenvalue weighted by Gasteiger charge is 2.20. The molecule has 0 saturated heterocycles. The van der Waals surface area contributed by atoms with E-state index in [2.05, 4.69) is 65.8 Å². The number of rotatable bonds is 10. The monoisotopic (exact) mass is 348 g/mol. The molecule has 0 amide bonds. The molecule has 1 nitrogen and oxygen atoms in total. The second kappa shape index (κ2) is 15.0. The number of methoxy groups -OCH3 is 1. The first-order chi connectivity index (χ1) is 11.3. The van der Waals surface area contributed by atoms with E-state index in [0.29, 0.717) is 0 Å². The van der Waals surface area contributed by atoms with Crippen LogP contribution in [0.1, 0.15) is 53.5 Å². The first-order valence-corrected chi connectivity index (χ1v) is 12.3. The fraction of sp³-hybridized carbons (Fsp3) is 0.727. The van der Waals surface area contributed by atoms with Crippen LogP contribution in [0.15, 0.2) is 30.3 Å². The summed E-state index contributed by atoms with van der Waals surface area (Å²) >= 11 is -0.407. The molecule has 0 fully saturated rings. The molecule has 0 unspecified atom stereocenters. The van der Waals surface area contributed by atoms with Crippen LogP contribution >= 0.6 is 0 Å². The molecule has 0 aliphatic heterocycles. The molecule has 1 aromatic rings. The minimum atomic E-state index is -0.407. The standard InChI is InChI=1S/C10H14O.3C4H9.Al/c1-11-9-5-8-10-6-3-2-4-7-10;3*1-4(2)3;/h2-4,6-7H,5,8-9H2,1H3;3*4H,1H2,2-3H3;. The summed E-state index contributed by atoms with van der Waals surface area (Å²) in [6.07, 6.45) is 2.23. The van der Waals surface area contributed by atoms with Crippen molar-refractivity contribution in [1.29, 1.82) is 0 Å². The molecule has 0 aromatic heterocycles. The third-order valence-electron chi connectivity index (χ3n) is 4.07. The van der Waals surface area contributed by atoms with Gasteiger partial charge in [-0.25, -0.2) is 0 Å². The van der Waals surface area contributed by atoms with Crippen LogP contribution in [0, 0.1) is 17.8 Å². The average molecular weight is 349 g/mol. The quantitative estimate of drug-likeness (QED) is 0.337. The maximum absolute atomic E-state index is 4.96. The molecule has 0 bridgehead atoms. The fourth-order valence-corrected chi connectivity index (χ4v) is 7.93. The van der Waals surface area contributed by atoms with Crippen LogP contribution in [0.25, 0.3) is 0 Å². The summed E-state index contributed by atoms with van der Waals surface area (Å²) in [6, 6.07) is 10.5. The molecule has 1 rings (SSSR count). The topological polar surface area (TPSA) is 9.23 Å². The van der Waals surface area contributed by atoms with Gasteiger partial charge in [0.15, 0.2) is 0 Å². The molecule has 0 radical (unpaired) electrons. The number of hydrogen-bond donors (Lipinski definition) is 0. The Morgan fingerprint density at radius 3 is 1.62 bits per heavy atom. The molecule has 0 spiro atoms. The highest BCUT2D eigenvalue weighted by atomic mass is 27.2. The molecule has 0 heterocycles. The number of ether oxygens (including phenoxy) is 1. The lowest BCUT2D eigenvalue weighted by atomic mass is 10.1. The Morgan fingerprint density at radius 2 is 1.25 bits per heavy atom. The number of hydrogen-bond acceptors (Lipinski definition) is 1. The summed E-state index contributed by atoms with van der Waals surface area (Å²) < 4.78 is 4.96. The summed E-state index contributed by atoms with van der Waals surface area (Å²) in [5, 5.41) is 4.66. The minimum Gasteiger partial charge on any atom is -0.385 e. The van der Waals surface area contributed by atoms with Crippen molar-refractivity contribution in [2.24, 2.45) is 17.8 Å². The molecule has 24 heavy (non-hydrogen) atoms. The first-order valence-electron chi connectivity index (χ1n) is 9.87. The summed E-state index contributed by atoms with van der Waals surface area (Å²) in [7, 11) is 1.74. The van der Waals surface area contributed by atoms with Gasteiger partial charge in [-0.3, -0.25) is 0 Å². The Labute approximate surface area is 156 Å². The molecule has 2 heteroatoms. The zero-order valence-electron chi connectivity index (χ0n) is 17.3. The molecule has 0 aliphatic rings. The van der Waals surface area contributed by atoms with Crippen molar-refractivity contribution in [3.05, 3.63) is 35.9 Å². The van der Waals surface area contributed by atoms with Gasteiger partial charge in [0, 0.05) is 13.7 Å². The lowest BCUT2D eigenvalue weighted by Gasteiger charge is -2.17. The van der Waals surface area contributed by atoms with Gasteiger partial charge in [-0.15, -0.1) is 0 Å². The number of aryl methyl sites for hydroxylation is 1. The lowest BCUT2D eigenvalue weighted by Crippen LogP contribution is -2.19. The van der Waals surface area contributed by atoms with Crippen LogP contribution in [-0.4, -0.2) is 27.9 Å². The molecule has 0 aliphatic carbocycles. The predicted molar refractivity (Wildman–Crippen MR) is 111 cm³/mol. The second-order valence-corrected chi connectivity index (χ2v) is 11.5. The summed E-state index contributed by atoms with van der Waals surface area (Å²) in [5.74, 6) is 2.78. The van der Waals surface area contributed by atoms with Crippen molar-refractivity contribution in [1.82, 2.24) is 0 Å². The zero-order chi connectivity index (χ0) is 18.4. The SMILES string of the molecule is CC(C)[CH2][Al]([CH2]C(C)C)[CH2]C(C)C.COCCCc1ccccc1.